The average Bonchev–Trinajstić information content (AvgIpc) is 2.80. The van der Waals surface area contributed by atoms with Gasteiger partial charge < -0.3 is 10.1 Å². The van der Waals surface area contributed by atoms with Gasteiger partial charge in [-0.15, -0.1) is 0 Å². The molecule has 1 aromatic carbocycles. The van der Waals surface area contributed by atoms with Crippen LogP contribution < -0.4 is 5.32 Å². The van der Waals surface area contributed by atoms with E-state index in [1.807, 2.05) is 32.9 Å². The van der Waals surface area contributed by atoms with Crippen molar-refractivity contribution >= 4 is 11.9 Å². The Balaban J connectivity index is 1.90. The van der Waals surface area contributed by atoms with Gasteiger partial charge in [0.25, 0.3) is 0 Å². The highest BCUT2D eigenvalue weighted by molar-refractivity contribution is 5.86. The number of amides is 1. The normalized spacial score (nSPS) is 16.2. The van der Waals surface area contributed by atoms with Crippen LogP contribution in [-0.2, 0) is 27.2 Å². The van der Waals surface area contributed by atoms with Gasteiger partial charge in [0.2, 0.25) is 5.91 Å². The molecule has 4 nitrogen and oxygen atoms in total. The van der Waals surface area contributed by atoms with E-state index in [1.54, 1.807) is 6.92 Å². The van der Waals surface area contributed by atoms with Crippen LogP contribution in [0.2, 0.25) is 0 Å². The molecule has 0 unspecified atom stereocenters. The Morgan fingerprint density at radius 2 is 1.71 bits per heavy atom. The van der Waals surface area contributed by atoms with E-state index in [0.29, 0.717) is 0 Å². The predicted molar refractivity (Wildman–Crippen MR) is 80.8 cm³/mol. The van der Waals surface area contributed by atoms with E-state index in [2.05, 4.69) is 17.4 Å². The molecule has 0 spiro atoms. The van der Waals surface area contributed by atoms with Crippen molar-refractivity contribution in [3.8, 4) is 0 Å². The Morgan fingerprint density at radius 1 is 1.19 bits per heavy atom. The molecule has 1 N–H and O–H groups in total. The van der Waals surface area contributed by atoms with Crippen LogP contribution in [0, 0.1) is 5.92 Å². The van der Waals surface area contributed by atoms with Gasteiger partial charge in [0, 0.05) is 5.92 Å². The molecule has 0 saturated heterocycles. The lowest BCUT2D eigenvalue weighted by molar-refractivity contribution is -0.158. The van der Waals surface area contributed by atoms with Crippen molar-refractivity contribution in [2.45, 2.75) is 52.2 Å². The summed E-state index contributed by atoms with van der Waals surface area (Å²) in [5, 5.41) is 2.77. The van der Waals surface area contributed by atoms with Crippen molar-refractivity contribution in [2.24, 2.45) is 5.92 Å². The van der Waals surface area contributed by atoms with Gasteiger partial charge >= 0.3 is 5.97 Å². The van der Waals surface area contributed by atoms with Crippen LogP contribution in [0.15, 0.2) is 24.3 Å². The smallest absolute Gasteiger partial charge is 0.328 e. The molecular formula is C17H23NO3. The van der Waals surface area contributed by atoms with Gasteiger partial charge in [-0.3, -0.25) is 4.79 Å². The summed E-state index contributed by atoms with van der Waals surface area (Å²) in [5.74, 6) is -0.566. The molecule has 1 aromatic rings. The van der Waals surface area contributed by atoms with Gasteiger partial charge in [-0.2, -0.15) is 0 Å². The maximum atomic E-state index is 12.3. The van der Waals surface area contributed by atoms with Gasteiger partial charge in [0.05, 0.1) is 0 Å². The minimum atomic E-state index is -0.625. The quantitative estimate of drug-likeness (QED) is 0.868. The highest BCUT2D eigenvalue weighted by atomic mass is 16.6. The molecule has 21 heavy (non-hydrogen) atoms. The summed E-state index contributed by atoms with van der Waals surface area (Å²) in [6, 6.07) is 7.46. The van der Waals surface area contributed by atoms with Gasteiger partial charge in [0.1, 0.15) is 11.6 Å². The molecule has 0 heterocycles. The lowest BCUT2D eigenvalue weighted by atomic mass is 10.1. The van der Waals surface area contributed by atoms with Crippen LogP contribution in [0.4, 0.5) is 0 Å². The summed E-state index contributed by atoms with van der Waals surface area (Å²) >= 11 is 0. The van der Waals surface area contributed by atoms with E-state index in [-0.39, 0.29) is 11.8 Å². The van der Waals surface area contributed by atoms with E-state index in [1.165, 1.54) is 11.1 Å². The van der Waals surface area contributed by atoms with Crippen LogP contribution in [0.5, 0.6) is 0 Å². The van der Waals surface area contributed by atoms with Crippen LogP contribution in [0.3, 0.4) is 0 Å². The summed E-state index contributed by atoms with van der Waals surface area (Å²) in [4.78, 5) is 24.2. The van der Waals surface area contributed by atoms with E-state index in [0.717, 1.165) is 12.8 Å². The number of ether oxygens (including phenoxy) is 1. The number of rotatable bonds is 3. The Hall–Kier alpha value is -1.84. The first-order valence-corrected chi connectivity index (χ1v) is 7.36. The largest absolute Gasteiger partial charge is 0.458 e. The summed E-state index contributed by atoms with van der Waals surface area (Å²) in [5.41, 5.74) is 1.91. The first kappa shape index (κ1) is 15.5. The molecular weight excluding hydrogens is 266 g/mol. The molecule has 2 rings (SSSR count). The number of esters is 1. The molecule has 0 bridgehead atoms. The Morgan fingerprint density at radius 3 is 2.19 bits per heavy atom. The molecule has 1 atom stereocenters. The number of benzene rings is 1. The van der Waals surface area contributed by atoms with Crippen LogP contribution in [0.1, 0.15) is 38.8 Å². The van der Waals surface area contributed by atoms with Crippen LogP contribution >= 0.6 is 0 Å². The zero-order valence-corrected chi connectivity index (χ0v) is 13.1. The van der Waals surface area contributed by atoms with Gasteiger partial charge in [-0.25, -0.2) is 4.79 Å². The summed E-state index contributed by atoms with van der Waals surface area (Å²) < 4.78 is 5.27. The second-order valence-corrected chi connectivity index (χ2v) is 6.64. The zero-order valence-electron chi connectivity index (χ0n) is 13.1. The van der Waals surface area contributed by atoms with Crippen molar-refractivity contribution < 1.29 is 14.3 Å². The van der Waals surface area contributed by atoms with E-state index in [9.17, 15) is 9.59 Å². The molecule has 1 aliphatic carbocycles. The first-order chi connectivity index (χ1) is 9.76. The summed E-state index contributed by atoms with van der Waals surface area (Å²) in [6.45, 7) is 7.10. The monoisotopic (exact) mass is 289 g/mol. The lowest BCUT2D eigenvalue weighted by Gasteiger charge is -2.23. The highest BCUT2D eigenvalue weighted by Crippen LogP contribution is 2.26. The maximum absolute atomic E-state index is 12.3. The van der Waals surface area contributed by atoms with E-state index < -0.39 is 17.6 Å². The minimum Gasteiger partial charge on any atom is -0.458 e. The second kappa shape index (κ2) is 5.88. The Labute approximate surface area is 125 Å². The predicted octanol–water partition coefficient (Wildman–Crippen LogP) is 2.25. The zero-order chi connectivity index (χ0) is 15.6. The molecule has 1 amide bonds. The third-order valence-electron chi connectivity index (χ3n) is 3.54. The fourth-order valence-electron chi connectivity index (χ4n) is 2.52. The van der Waals surface area contributed by atoms with Gasteiger partial charge in [-0.05, 0) is 51.7 Å². The summed E-state index contributed by atoms with van der Waals surface area (Å²) in [7, 11) is 0. The first-order valence-electron chi connectivity index (χ1n) is 7.36. The third kappa shape index (κ3) is 4.06. The Bertz CT molecular complexity index is 520. The molecule has 114 valence electrons. The standard InChI is InChI=1S/C17H23NO3/c1-11(16(20)21-17(2,3)4)18-15(19)14-9-12-7-5-6-8-13(12)10-14/h5-8,11,14H,9-10H2,1-4H3,(H,18,19)/t11-/m0/s1. The van der Waals surface area contributed by atoms with Crippen molar-refractivity contribution in [1.82, 2.24) is 5.32 Å². The minimum absolute atomic E-state index is 0.0791. The van der Waals surface area contributed by atoms with Gasteiger partial charge in [0.15, 0.2) is 0 Å². The second-order valence-electron chi connectivity index (χ2n) is 6.64. The molecule has 0 saturated carbocycles. The van der Waals surface area contributed by atoms with Crippen molar-refractivity contribution in [1.29, 1.82) is 0 Å². The van der Waals surface area contributed by atoms with Crippen LogP contribution in [-0.4, -0.2) is 23.5 Å². The van der Waals surface area contributed by atoms with Crippen molar-refractivity contribution in [2.75, 3.05) is 0 Å². The maximum Gasteiger partial charge on any atom is 0.328 e. The molecule has 0 aromatic heterocycles. The van der Waals surface area contributed by atoms with Gasteiger partial charge in [-0.1, -0.05) is 24.3 Å². The molecule has 4 heteroatoms. The molecule has 0 radical (unpaired) electrons. The topological polar surface area (TPSA) is 55.4 Å². The fraction of sp³-hybridized carbons (Fsp3) is 0.529. The number of nitrogens with one attached hydrogen (secondary N) is 1. The molecule has 0 aliphatic heterocycles. The SMILES string of the molecule is C[C@H](NC(=O)C1Cc2ccccc2C1)C(=O)OC(C)(C)C. The van der Waals surface area contributed by atoms with Crippen molar-refractivity contribution in [3.05, 3.63) is 35.4 Å². The number of carbonyl (C=O) groups is 2. The number of fused-ring (bicyclic) bond motifs is 1. The van der Waals surface area contributed by atoms with E-state index in [4.69, 9.17) is 4.74 Å². The molecule has 1 aliphatic rings. The van der Waals surface area contributed by atoms with Crippen molar-refractivity contribution in [3.63, 3.8) is 0 Å². The number of carbonyl (C=O) groups excluding carboxylic acids is 2. The number of hydrogen-bond acceptors (Lipinski definition) is 3. The third-order valence-corrected chi connectivity index (χ3v) is 3.54. The fourth-order valence-corrected chi connectivity index (χ4v) is 2.52. The number of hydrogen-bond donors (Lipinski definition) is 1. The van der Waals surface area contributed by atoms with E-state index >= 15 is 0 Å². The highest BCUT2D eigenvalue weighted by Gasteiger charge is 2.30. The Kier molecular flexibility index (Phi) is 4.35. The lowest BCUT2D eigenvalue weighted by Crippen LogP contribution is -2.44. The molecule has 0 fully saturated rings. The average molecular weight is 289 g/mol. The summed E-state index contributed by atoms with van der Waals surface area (Å²) in [6.07, 6.45) is 1.48. The van der Waals surface area contributed by atoms with Crippen LogP contribution in [0.25, 0.3) is 0 Å².